The Bertz CT molecular complexity index is 168. The molecule has 9 heavy (non-hydrogen) atoms. The van der Waals surface area contributed by atoms with Crippen LogP contribution in [0.2, 0.25) is 0 Å². The molecule has 0 spiro atoms. The van der Waals surface area contributed by atoms with Gasteiger partial charge in [0.05, 0.1) is 12.9 Å². The van der Waals surface area contributed by atoms with Crippen LogP contribution in [0.15, 0.2) is 16.3 Å². The normalized spacial score (nSPS) is 19.2. The predicted molar refractivity (Wildman–Crippen MR) is 39.5 cm³/mol. The lowest BCUT2D eigenvalue weighted by molar-refractivity contribution is 0.616. The van der Waals surface area contributed by atoms with Gasteiger partial charge in [0.25, 0.3) is 0 Å². The number of aliphatic imine (C=N–C) groups is 1. The highest BCUT2D eigenvalue weighted by atomic mass is 15.1. The minimum absolute atomic E-state index is 0.871. The van der Waals surface area contributed by atoms with Gasteiger partial charge < -0.3 is 4.90 Å². The zero-order valence-electron chi connectivity index (χ0n) is 6.18. The van der Waals surface area contributed by atoms with Crippen LogP contribution in [0, 0.1) is 0 Å². The van der Waals surface area contributed by atoms with Gasteiger partial charge in [-0.1, -0.05) is 0 Å². The fourth-order valence-electron chi connectivity index (χ4n) is 0.802. The van der Waals surface area contributed by atoms with Gasteiger partial charge in [-0.3, -0.25) is 4.99 Å². The lowest BCUT2D eigenvalue weighted by atomic mass is 10.2. The molecule has 1 heterocycles. The van der Waals surface area contributed by atoms with E-state index in [0.717, 1.165) is 6.54 Å². The second-order valence-electron chi connectivity index (χ2n) is 2.43. The topological polar surface area (TPSA) is 15.6 Å². The van der Waals surface area contributed by atoms with Gasteiger partial charge in [0.15, 0.2) is 0 Å². The molecule has 1 rings (SSSR count). The summed E-state index contributed by atoms with van der Waals surface area (Å²) in [6.45, 7) is 5.10. The van der Waals surface area contributed by atoms with E-state index in [2.05, 4.69) is 18.8 Å². The zero-order chi connectivity index (χ0) is 6.85. The maximum absolute atomic E-state index is 4.13. The van der Waals surface area contributed by atoms with Gasteiger partial charge in [0.2, 0.25) is 0 Å². The van der Waals surface area contributed by atoms with Crippen molar-refractivity contribution in [2.75, 3.05) is 13.6 Å². The Morgan fingerprint density at radius 2 is 2.22 bits per heavy atom. The van der Waals surface area contributed by atoms with Crippen molar-refractivity contribution in [3.05, 3.63) is 11.3 Å². The van der Waals surface area contributed by atoms with Gasteiger partial charge in [-0.25, -0.2) is 0 Å². The minimum atomic E-state index is 0.871. The number of hydrogen-bond acceptors (Lipinski definition) is 2. The Kier molecular flexibility index (Phi) is 1.56. The van der Waals surface area contributed by atoms with E-state index in [1.54, 1.807) is 0 Å². The minimum Gasteiger partial charge on any atom is -0.340 e. The summed E-state index contributed by atoms with van der Waals surface area (Å²) in [4.78, 5) is 6.17. The molecule has 2 nitrogen and oxygen atoms in total. The number of hydrogen-bond donors (Lipinski definition) is 0. The summed E-state index contributed by atoms with van der Waals surface area (Å²) in [5.74, 6) is 0. The highest BCUT2D eigenvalue weighted by Crippen LogP contribution is 2.09. The molecule has 0 fully saturated rings. The highest BCUT2D eigenvalue weighted by Gasteiger charge is 2.03. The SMILES string of the molecule is CC1=C(C)N(C)C=NC1. The Hall–Kier alpha value is -0.790. The van der Waals surface area contributed by atoms with Crippen molar-refractivity contribution >= 4 is 6.34 Å². The zero-order valence-corrected chi connectivity index (χ0v) is 6.18. The molecule has 0 atom stereocenters. The second-order valence-corrected chi connectivity index (χ2v) is 2.43. The molecule has 0 aliphatic carbocycles. The lowest BCUT2D eigenvalue weighted by Gasteiger charge is -2.20. The third-order valence-electron chi connectivity index (χ3n) is 1.73. The van der Waals surface area contributed by atoms with Crippen LogP contribution in [0.4, 0.5) is 0 Å². The standard InChI is InChI=1S/C7H12N2/c1-6-4-8-5-9(3)7(6)2/h5H,4H2,1-3H3. The van der Waals surface area contributed by atoms with Crippen LogP contribution in [0.3, 0.4) is 0 Å². The molecule has 0 amide bonds. The third kappa shape index (κ3) is 1.12. The van der Waals surface area contributed by atoms with Crippen molar-refractivity contribution in [3.8, 4) is 0 Å². The predicted octanol–water partition coefficient (Wildman–Crippen LogP) is 1.25. The fourth-order valence-corrected chi connectivity index (χ4v) is 0.802. The number of allylic oxidation sites excluding steroid dienone is 1. The Morgan fingerprint density at radius 1 is 1.56 bits per heavy atom. The lowest BCUT2D eigenvalue weighted by Crippen LogP contribution is -2.19. The van der Waals surface area contributed by atoms with Crippen LogP contribution in [0.5, 0.6) is 0 Å². The molecular weight excluding hydrogens is 112 g/mol. The molecule has 0 unspecified atom stereocenters. The van der Waals surface area contributed by atoms with Gasteiger partial charge in [-0.2, -0.15) is 0 Å². The van der Waals surface area contributed by atoms with Crippen molar-refractivity contribution in [2.45, 2.75) is 13.8 Å². The Morgan fingerprint density at radius 3 is 2.67 bits per heavy atom. The molecule has 0 bridgehead atoms. The summed E-state index contributed by atoms with van der Waals surface area (Å²) in [5.41, 5.74) is 2.69. The van der Waals surface area contributed by atoms with E-state index in [9.17, 15) is 0 Å². The molecular formula is C7H12N2. The van der Waals surface area contributed by atoms with Crippen molar-refractivity contribution in [3.63, 3.8) is 0 Å². The van der Waals surface area contributed by atoms with Crippen LogP contribution >= 0.6 is 0 Å². The highest BCUT2D eigenvalue weighted by molar-refractivity contribution is 5.59. The van der Waals surface area contributed by atoms with Gasteiger partial charge in [0, 0.05) is 12.7 Å². The van der Waals surface area contributed by atoms with Crippen LogP contribution in [0.25, 0.3) is 0 Å². The first kappa shape index (κ1) is 6.33. The molecule has 0 aromatic heterocycles. The first-order valence-electron chi connectivity index (χ1n) is 3.11. The van der Waals surface area contributed by atoms with Gasteiger partial charge in [-0.05, 0) is 19.4 Å². The molecule has 0 aromatic carbocycles. The Balaban J connectivity index is 2.79. The number of rotatable bonds is 0. The van der Waals surface area contributed by atoms with Crippen molar-refractivity contribution in [2.24, 2.45) is 4.99 Å². The molecule has 0 N–H and O–H groups in total. The average molecular weight is 124 g/mol. The van der Waals surface area contributed by atoms with Crippen LogP contribution in [0.1, 0.15) is 13.8 Å². The summed E-state index contributed by atoms with van der Waals surface area (Å²) in [6.07, 6.45) is 1.86. The molecule has 0 saturated carbocycles. The third-order valence-corrected chi connectivity index (χ3v) is 1.73. The first-order valence-corrected chi connectivity index (χ1v) is 3.11. The van der Waals surface area contributed by atoms with E-state index in [0.29, 0.717) is 0 Å². The van der Waals surface area contributed by atoms with Gasteiger partial charge >= 0.3 is 0 Å². The van der Waals surface area contributed by atoms with Crippen LogP contribution in [-0.4, -0.2) is 24.8 Å². The van der Waals surface area contributed by atoms with E-state index >= 15 is 0 Å². The average Bonchev–Trinajstić information content (AvgIpc) is 1.83. The van der Waals surface area contributed by atoms with Crippen molar-refractivity contribution < 1.29 is 0 Å². The fraction of sp³-hybridized carbons (Fsp3) is 0.571. The van der Waals surface area contributed by atoms with Crippen molar-refractivity contribution in [1.29, 1.82) is 0 Å². The summed E-state index contributed by atoms with van der Waals surface area (Å²) < 4.78 is 0. The quantitative estimate of drug-likeness (QED) is 0.474. The van der Waals surface area contributed by atoms with Crippen LogP contribution < -0.4 is 0 Å². The first-order chi connectivity index (χ1) is 4.22. The maximum Gasteiger partial charge on any atom is 0.0893 e. The van der Waals surface area contributed by atoms with E-state index in [-0.39, 0.29) is 0 Å². The molecule has 0 radical (unpaired) electrons. The molecule has 2 heteroatoms. The van der Waals surface area contributed by atoms with E-state index in [4.69, 9.17) is 0 Å². The molecule has 1 aliphatic rings. The van der Waals surface area contributed by atoms with E-state index in [1.807, 2.05) is 18.3 Å². The number of nitrogens with zero attached hydrogens (tertiary/aromatic N) is 2. The molecule has 0 aromatic rings. The smallest absolute Gasteiger partial charge is 0.0893 e. The summed E-state index contributed by atoms with van der Waals surface area (Å²) in [7, 11) is 2.02. The van der Waals surface area contributed by atoms with Gasteiger partial charge in [0.1, 0.15) is 0 Å². The monoisotopic (exact) mass is 124 g/mol. The van der Waals surface area contributed by atoms with Crippen molar-refractivity contribution in [1.82, 2.24) is 4.90 Å². The summed E-state index contributed by atoms with van der Waals surface area (Å²) in [5, 5.41) is 0. The summed E-state index contributed by atoms with van der Waals surface area (Å²) in [6, 6.07) is 0. The van der Waals surface area contributed by atoms with E-state index in [1.165, 1.54) is 11.3 Å². The molecule has 1 aliphatic heterocycles. The van der Waals surface area contributed by atoms with E-state index < -0.39 is 0 Å². The molecule has 50 valence electrons. The van der Waals surface area contributed by atoms with Gasteiger partial charge in [-0.15, -0.1) is 0 Å². The molecule has 0 saturated heterocycles. The van der Waals surface area contributed by atoms with Crippen LogP contribution in [-0.2, 0) is 0 Å². The summed E-state index contributed by atoms with van der Waals surface area (Å²) >= 11 is 0. The maximum atomic E-state index is 4.13. The second kappa shape index (κ2) is 2.21. The largest absolute Gasteiger partial charge is 0.340 e. The Labute approximate surface area is 55.9 Å².